The van der Waals surface area contributed by atoms with E-state index in [1.165, 1.54) is 0 Å². The van der Waals surface area contributed by atoms with Crippen LogP contribution >= 0.6 is 66.7 Å². The molecule has 1 aliphatic rings. The van der Waals surface area contributed by atoms with Gasteiger partial charge in [0.1, 0.15) is 0 Å². The Morgan fingerprint density at radius 2 is 1.89 bits per heavy atom. The zero-order chi connectivity index (χ0) is 13.7. The first-order valence-electron chi connectivity index (χ1n) is 5.12. The molecule has 0 saturated heterocycles. The fourth-order valence-corrected chi connectivity index (χ4v) is 3.50. The number of anilines is 1. The molecule has 18 heavy (non-hydrogen) atoms. The predicted octanol–water partition coefficient (Wildman–Crippen LogP) is 5.59. The Hall–Kier alpha value is 0.810. The Bertz CT molecular complexity index is 488. The monoisotopic (exact) mass is 435 g/mol. The molecule has 2 rings (SSSR count). The van der Waals surface area contributed by atoms with Gasteiger partial charge in [0.15, 0.2) is 6.23 Å². The summed E-state index contributed by atoms with van der Waals surface area (Å²) in [6, 6.07) is 3.92. The van der Waals surface area contributed by atoms with E-state index in [-0.39, 0.29) is 0 Å². The van der Waals surface area contributed by atoms with E-state index in [2.05, 4.69) is 37.2 Å². The van der Waals surface area contributed by atoms with Crippen LogP contribution in [0.25, 0.3) is 0 Å². The van der Waals surface area contributed by atoms with Crippen molar-refractivity contribution in [2.75, 3.05) is 5.32 Å². The Kier molecular flexibility index (Phi) is 4.20. The third-order valence-corrected chi connectivity index (χ3v) is 4.37. The zero-order valence-electron chi connectivity index (χ0n) is 9.53. The summed E-state index contributed by atoms with van der Waals surface area (Å²) >= 11 is 24.7. The van der Waals surface area contributed by atoms with Gasteiger partial charge in [-0.15, -0.1) is 0 Å². The summed E-state index contributed by atoms with van der Waals surface area (Å²) < 4.78 is 6.13. The Morgan fingerprint density at radius 3 is 2.44 bits per heavy atom. The van der Waals surface area contributed by atoms with Crippen LogP contribution in [0.2, 0.25) is 0 Å². The molecule has 0 spiro atoms. The highest BCUT2D eigenvalue weighted by molar-refractivity contribution is 9.11. The lowest BCUT2D eigenvalue weighted by Crippen LogP contribution is -2.46. The van der Waals surface area contributed by atoms with E-state index in [1.54, 1.807) is 0 Å². The van der Waals surface area contributed by atoms with Crippen molar-refractivity contribution in [2.45, 2.75) is 29.5 Å². The first-order valence-corrected chi connectivity index (χ1v) is 7.84. The molecule has 0 amide bonds. The maximum absolute atomic E-state index is 5.91. The van der Waals surface area contributed by atoms with Crippen LogP contribution in [0.15, 0.2) is 21.1 Å². The van der Waals surface area contributed by atoms with E-state index >= 15 is 0 Å². The summed E-state index contributed by atoms with van der Waals surface area (Å²) in [7, 11) is 0. The van der Waals surface area contributed by atoms with Gasteiger partial charge in [0.25, 0.3) is 0 Å². The van der Waals surface area contributed by atoms with Gasteiger partial charge in [-0.2, -0.15) is 0 Å². The van der Waals surface area contributed by atoms with Gasteiger partial charge in [0, 0.05) is 14.5 Å². The molecule has 1 N–H and O–H groups in total. The standard InChI is InChI=1S/C11H10Br2Cl3NO/c1-10(2)6-3-5(12)4-7(13)8(6)17-9(18-10)11(14,15)16/h3-4,9,17H,1-2H3/t9-/m0/s1. The summed E-state index contributed by atoms with van der Waals surface area (Å²) in [6.07, 6.45) is -0.706. The number of benzene rings is 1. The van der Waals surface area contributed by atoms with Gasteiger partial charge < -0.3 is 10.1 Å². The van der Waals surface area contributed by atoms with Crippen molar-refractivity contribution < 1.29 is 4.74 Å². The summed E-state index contributed by atoms with van der Waals surface area (Å²) in [5.74, 6) is 0. The highest BCUT2D eigenvalue weighted by atomic mass is 79.9. The van der Waals surface area contributed by atoms with E-state index in [4.69, 9.17) is 39.5 Å². The fraction of sp³-hybridized carbons (Fsp3) is 0.455. The molecule has 0 bridgehead atoms. The van der Waals surface area contributed by atoms with Crippen molar-refractivity contribution in [3.63, 3.8) is 0 Å². The minimum Gasteiger partial charge on any atom is -0.355 e. The number of hydrogen-bond acceptors (Lipinski definition) is 2. The van der Waals surface area contributed by atoms with Crippen LogP contribution < -0.4 is 5.32 Å². The largest absolute Gasteiger partial charge is 0.355 e. The highest BCUT2D eigenvalue weighted by Gasteiger charge is 2.43. The number of alkyl halides is 3. The second kappa shape index (κ2) is 4.97. The zero-order valence-corrected chi connectivity index (χ0v) is 15.0. The van der Waals surface area contributed by atoms with Gasteiger partial charge in [-0.3, -0.25) is 0 Å². The van der Waals surface area contributed by atoms with E-state index in [0.717, 1.165) is 20.2 Å². The van der Waals surface area contributed by atoms with Crippen molar-refractivity contribution in [1.29, 1.82) is 0 Å². The molecule has 0 aliphatic carbocycles. The number of ether oxygens (including phenoxy) is 1. The van der Waals surface area contributed by atoms with Gasteiger partial charge >= 0.3 is 0 Å². The van der Waals surface area contributed by atoms with Crippen LogP contribution in [-0.2, 0) is 10.3 Å². The average molecular weight is 438 g/mol. The molecule has 0 saturated carbocycles. The molecule has 1 aromatic rings. The third kappa shape index (κ3) is 2.94. The van der Waals surface area contributed by atoms with Gasteiger partial charge in [-0.25, -0.2) is 0 Å². The van der Waals surface area contributed by atoms with E-state index in [0.29, 0.717) is 0 Å². The molecule has 1 aliphatic heterocycles. The van der Waals surface area contributed by atoms with Crippen LogP contribution in [-0.4, -0.2) is 10.0 Å². The fourth-order valence-electron chi connectivity index (χ4n) is 1.86. The Labute approximate surface area is 138 Å². The number of halogens is 5. The summed E-state index contributed by atoms with van der Waals surface area (Å²) in [4.78, 5) is 0. The average Bonchev–Trinajstić information content (AvgIpc) is 2.17. The minimum atomic E-state index is -1.54. The van der Waals surface area contributed by atoms with Crippen molar-refractivity contribution in [3.8, 4) is 0 Å². The van der Waals surface area contributed by atoms with E-state index in [1.807, 2.05) is 26.0 Å². The molecule has 0 radical (unpaired) electrons. The van der Waals surface area contributed by atoms with Gasteiger partial charge in [0.05, 0.1) is 11.3 Å². The van der Waals surface area contributed by atoms with E-state index in [9.17, 15) is 0 Å². The first-order chi connectivity index (χ1) is 8.11. The van der Waals surface area contributed by atoms with Crippen LogP contribution in [0.5, 0.6) is 0 Å². The van der Waals surface area contributed by atoms with Crippen molar-refractivity contribution in [3.05, 3.63) is 26.6 Å². The SMILES string of the molecule is CC1(C)O[C@@H](C(Cl)(Cl)Cl)Nc2c(Br)cc(Br)cc21. The predicted molar refractivity (Wildman–Crippen MR) is 83.7 cm³/mol. The quantitative estimate of drug-likeness (QED) is 0.534. The molecule has 1 heterocycles. The number of nitrogens with one attached hydrogen (secondary N) is 1. The molecule has 0 fully saturated rings. The number of fused-ring (bicyclic) bond motifs is 1. The minimum absolute atomic E-state index is 0.554. The molecule has 1 atom stereocenters. The van der Waals surface area contributed by atoms with Crippen molar-refractivity contribution in [1.82, 2.24) is 0 Å². The lowest BCUT2D eigenvalue weighted by atomic mass is 9.94. The molecular formula is C11H10Br2Cl3NO. The van der Waals surface area contributed by atoms with E-state index < -0.39 is 15.6 Å². The van der Waals surface area contributed by atoms with Gasteiger partial charge in [-0.05, 0) is 41.9 Å². The van der Waals surface area contributed by atoms with Gasteiger partial charge in [-0.1, -0.05) is 50.7 Å². The topological polar surface area (TPSA) is 21.3 Å². The summed E-state index contributed by atoms with van der Waals surface area (Å²) in [6.45, 7) is 3.88. The smallest absolute Gasteiger partial charge is 0.234 e. The summed E-state index contributed by atoms with van der Waals surface area (Å²) in [5, 5.41) is 3.10. The maximum Gasteiger partial charge on any atom is 0.234 e. The molecule has 7 heteroatoms. The molecule has 0 aromatic heterocycles. The second-order valence-corrected chi connectivity index (χ2v) is 8.64. The maximum atomic E-state index is 5.91. The highest BCUT2D eigenvalue weighted by Crippen LogP contribution is 2.47. The van der Waals surface area contributed by atoms with Crippen LogP contribution in [0.4, 0.5) is 5.69 Å². The van der Waals surface area contributed by atoms with Crippen LogP contribution in [0, 0.1) is 0 Å². The summed E-state index contributed by atoms with van der Waals surface area (Å²) in [5.41, 5.74) is 1.32. The van der Waals surface area contributed by atoms with Crippen LogP contribution in [0.1, 0.15) is 19.4 Å². The van der Waals surface area contributed by atoms with Crippen molar-refractivity contribution >= 4 is 72.4 Å². The molecule has 1 aromatic carbocycles. The molecule has 2 nitrogen and oxygen atoms in total. The Balaban J connectivity index is 2.53. The molecule has 100 valence electrons. The molecular weight excluding hydrogens is 428 g/mol. The molecule has 0 unspecified atom stereocenters. The third-order valence-electron chi connectivity index (χ3n) is 2.69. The lowest BCUT2D eigenvalue weighted by molar-refractivity contribution is -0.0695. The first kappa shape index (κ1) is 15.2. The Morgan fingerprint density at radius 1 is 1.28 bits per heavy atom. The normalized spacial score (nSPS) is 22.3. The van der Waals surface area contributed by atoms with Crippen LogP contribution in [0.3, 0.4) is 0 Å². The lowest BCUT2D eigenvalue weighted by Gasteiger charge is -2.41. The van der Waals surface area contributed by atoms with Gasteiger partial charge in [0.2, 0.25) is 3.79 Å². The second-order valence-electron chi connectivity index (χ2n) is 4.50. The number of rotatable bonds is 0. The number of hydrogen-bond donors (Lipinski definition) is 1. The van der Waals surface area contributed by atoms with Crippen molar-refractivity contribution in [2.24, 2.45) is 0 Å².